The first-order chi connectivity index (χ1) is 15.4. The number of hydrogen-bond donors (Lipinski definition) is 1. The van der Waals surface area contributed by atoms with E-state index in [2.05, 4.69) is 55.3 Å². The molecule has 0 aliphatic carbocycles. The van der Waals surface area contributed by atoms with E-state index in [1.165, 1.54) is 5.56 Å². The third-order valence-electron chi connectivity index (χ3n) is 5.84. The van der Waals surface area contributed by atoms with E-state index >= 15 is 0 Å². The summed E-state index contributed by atoms with van der Waals surface area (Å²) >= 11 is 0. The van der Waals surface area contributed by atoms with Gasteiger partial charge in [0.15, 0.2) is 0 Å². The SMILES string of the molecule is COc1ccccc1NC(=O)N(CCCN1CCOCC1)Cc1ccc(C(C)(C)C)cc1. The van der Waals surface area contributed by atoms with E-state index in [1.54, 1.807) is 7.11 Å². The van der Waals surface area contributed by atoms with Crippen molar-refractivity contribution in [2.45, 2.75) is 39.2 Å². The molecule has 1 aliphatic heterocycles. The van der Waals surface area contributed by atoms with Crippen molar-refractivity contribution < 1.29 is 14.3 Å². The van der Waals surface area contributed by atoms with Gasteiger partial charge in [0.25, 0.3) is 0 Å². The van der Waals surface area contributed by atoms with Crippen molar-refractivity contribution in [2.24, 2.45) is 0 Å². The van der Waals surface area contributed by atoms with Gasteiger partial charge in [-0.05, 0) is 35.1 Å². The molecule has 0 aromatic heterocycles. The summed E-state index contributed by atoms with van der Waals surface area (Å²) in [6, 6.07) is 16.0. The van der Waals surface area contributed by atoms with Crippen LogP contribution in [0.1, 0.15) is 38.3 Å². The molecule has 174 valence electrons. The highest BCUT2D eigenvalue weighted by atomic mass is 16.5. The maximum atomic E-state index is 13.2. The van der Waals surface area contributed by atoms with Crippen LogP contribution in [0, 0.1) is 0 Å². The Kier molecular flexibility index (Phi) is 8.53. The number of urea groups is 1. The smallest absolute Gasteiger partial charge is 0.322 e. The summed E-state index contributed by atoms with van der Waals surface area (Å²) in [6.45, 7) is 12.3. The summed E-state index contributed by atoms with van der Waals surface area (Å²) in [5.74, 6) is 0.656. The van der Waals surface area contributed by atoms with Crippen molar-refractivity contribution in [1.82, 2.24) is 9.80 Å². The van der Waals surface area contributed by atoms with Gasteiger partial charge in [-0.25, -0.2) is 4.79 Å². The molecular weight excluding hydrogens is 402 g/mol. The molecule has 2 aromatic rings. The Balaban J connectivity index is 1.68. The average Bonchev–Trinajstić information content (AvgIpc) is 2.79. The highest BCUT2D eigenvalue weighted by molar-refractivity contribution is 5.91. The average molecular weight is 440 g/mol. The Morgan fingerprint density at radius 2 is 1.78 bits per heavy atom. The van der Waals surface area contributed by atoms with E-state index in [0.717, 1.165) is 44.8 Å². The van der Waals surface area contributed by atoms with Crippen molar-refractivity contribution in [2.75, 3.05) is 51.8 Å². The van der Waals surface area contributed by atoms with Gasteiger partial charge in [0.1, 0.15) is 5.75 Å². The highest BCUT2D eigenvalue weighted by Crippen LogP contribution is 2.25. The molecule has 0 radical (unpaired) electrons. The lowest BCUT2D eigenvalue weighted by Gasteiger charge is -2.29. The zero-order valence-corrected chi connectivity index (χ0v) is 19.9. The molecule has 0 unspecified atom stereocenters. The lowest BCUT2D eigenvalue weighted by atomic mass is 9.87. The number of para-hydroxylation sites is 2. The Morgan fingerprint density at radius 1 is 1.09 bits per heavy atom. The molecule has 1 aliphatic rings. The summed E-state index contributed by atoms with van der Waals surface area (Å²) in [4.78, 5) is 17.5. The van der Waals surface area contributed by atoms with Crippen molar-refractivity contribution in [1.29, 1.82) is 0 Å². The monoisotopic (exact) mass is 439 g/mol. The van der Waals surface area contributed by atoms with Gasteiger partial charge in [-0.3, -0.25) is 4.90 Å². The largest absolute Gasteiger partial charge is 0.495 e. The Bertz CT molecular complexity index is 855. The lowest BCUT2D eigenvalue weighted by Crippen LogP contribution is -2.40. The molecule has 32 heavy (non-hydrogen) atoms. The standard InChI is InChI=1S/C26H37N3O3/c1-26(2,3)22-12-10-21(11-13-22)20-29(15-7-14-28-16-18-32-19-17-28)25(30)27-23-8-5-6-9-24(23)31-4/h5-6,8-13H,7,14-20H2,1-4H3,(H,27,30). The van der Waals surface area contributed by atoms with Crippen LogP contribution in [0.4, 0.5) is 10.5 Å². The summed E-state index contributed by atoms with van der Waals surface area (Å²) in [6.07, 6.45) is 0.916. The van der Waals surface area contributed by atoms with Gasteiger partial charge in [-0.2, -0.15) is 0 Å². The molecule has 0 saturated carbocycles. The van der Waals surface area contributed by atoms with E-state index < -0.39 is 0 Å². The molecule has 2 aromatic carbocycles. The number of nitrogens with one attached hydrogen (secondary N) is 1. The van der Waals surface area contributed by atoms with Crippen LogP contribution in [0.3, 0.4) is 0 Å². The third kappa shape index (κ3) is 6.97. The molecular formula is C26H37N3O3. The zero-order chi connectivity index (χ0) is 23.0. The minimum Gasteiger partial charge on any atom is -0.495 e. The number of nitrogens with zero attached hydrogens (tertiary/aromatic N) is 2. The van der Waals surface area contributed by atoms with Gasteiger partial charge < -0.3 is 19.7 Å². The summed E-state index contributed by atoms with van der Waals surface area (Å²) < 4.78 is 10.8. The van der Waals surface area contributed by atoms with Gasteiger partial charge in [-0.1, -0.05) is 57.2 Å². The fraction of sp³-hybridized carbons (Fsp3) is 0.500. The number of benzene rings is 2. The van der Waals surface area contributed by atoms with Crippen molar-refractivity contribution in [3.05, 3.63) is 59.7 Å². The Labute approximate surface area is 192 Å². The number of amides is 2. The molecule has 0 bridgehead atoms. The van der Waals surface area contributed by atoms with E-state index in [4.69, 9.17) is 9.47 Å². The van der Waals surface area contributed by atoms with Crippen molar-refractivity contribution in [3.63, 3.8) is 0 Å². The van der Waals surface area contributed by atoms with Crippen molar-refractivity contribution in [3.8, 4) is 5.75 Å². The number of carbonyl (C=O) groups is 1. The molecule has 0 spiro atoms. The first-order valence-electron chi connectivity index (χ1n) is 11.5. The van der Waals surface area contributed by atoms with Crippen LogP contribution in [0.2, 0.25) is 0 Å². The minimum absolute atomic E-state index is 0.109. The van der Waals surface area contributed by atoms with Crippen LogP contribution in [-0.2, 0) is 16.7 Å². The topological polar surface area (TPSA) is 54.0 Å². The predicted molar refractivity (Wildman–Crippen MR) is 129 cm³/mol. The first kappa shape index (κ1) is 24.1. The van der Waals surface area contributed by atoms with Gasteiger partial charge in [0.2, 0.25) is 0 Å². The molecule has 2 amide bonds. The van der Waals surface area contributed by atoms with Gasteiger partial charge >= 0.3 is 6.03 Å². The fourth-order valence-corrected chi connectivity index (χ4v) is 3.84. The van der Waals surface area contributed by atoms with Crippen LogP contribution in [-0.4, -0.2) is 62.3 Å². The number of rotatable bonds is 8. The summed E-state index contributed by atoms with van der Waals surface area (Å²) in [7, 11) is 1.61. The van der Waals surface area contributed by atoms with Crippen LogP contribution in [0.15, 0.2) is 48.5 Å². The minimum atomic E-state index is -0.114. The van der Waals surface area contributed by atoms with Gasteiger partial charge in [-0.15, -0.1) is 0 Å². The van der Waals surface area contributed by atoms with Gasteiger partial charge in [0, 0.05) is 32.7 Å². The third-order valence-corrected chi connectivity index (χ3v) is 5.84. The molecule has 6 nitrogen and oxygen atoms in total. The number of methoxy groups -OCH3 is 1. The first-order valence-corrected chi connectivity index (χ1v) is 11.5. The van der Waals surface area contributed by atoms with Gasteiger partial charge in [0.05, 0.1) is 26.0 Å². The van der Waals surface area contributed by atoms with Crippen LogP contribution >= 0.6 is 0 Å². The van der Waals surface area contributed by atoms with E-state index in [-0.39, 0.29) is 11.4 Å². The fourth-order valence-electron chi connectivity index (χ4n) is 3.84. The van der Waals surface area contributed by atoms with Crippen molar-refractivity contribution >= 4 is 11.7 Å². The van der Waals surface area contributed by atoms with Crippen LogP contribution < -0.4 is 10.1 Å². The van der Waals surface area contributed by atoms with E-state index in [0.29, 0.717) is 24.5 Å². The quantitative estimate of drug-likeness (QED) is 0.645. The molecule has 6 heteroatoms. The summed E-state index contributed by atoms with van der Waals surface area (Å²) in [5.41, 5.74) is 3.21. The molecule has 1 N–H and O–H groups in total. The highest BCUT2D eigenvalue weighted by Gasteiger charge is 2.18. The predicted octanol–water partition coefficient (Wildman–Crippen LogP) is 4.75. The second-order valence-corrected chi connectivity index (χ2v) is 9.31. The molecule has 0 atom stereocenters. The number of carbonyl (C=O) groups excluding carboxylic acids is 1. The Hall–Kier alpha value is -2.57. The summed E-state index contributed by atoms with van der Waals surface area (Å²) in [5, 5.41) is 3.03. The number of ether oxygens (including phenoxy) is 2. The molecule has 1 fully saturated rings. The lowest BCUT2D eigenvalue weighted by molar-refractivity contribution is 0.0365. The maximum Gasteiger partial charge on any atom is 0.322 e. The number of hydrogen-bond acceptors (Lipinski definition) is 4. The maximum absolute atomic E-state index is 13.2. The Morgan fingerprint density at radius 3 is 2.44 bits per heavy atom. The van der Waals surface area contributed by atoms with E-state index in [1.807, 2.05) is 29.2 Å². The molecule has 1 heterocycles. The molecule has 1 saturated heterocycles. The van der Waals surface area contributed by atoms with E-state index in [9.17, 15) is 4.79 Å². The normalized spacial score (nSPS) is 14.8. The van der Waals surface area contributed by atoms with Crippen LogP contribution in [0.25, 0.3) is 0 Å². The second kappa shape index (κ2) is 11.3. The zero-order valence-electron chi connectivity index (χ0n) is 19.9. The second-order valence-electron chi connectivity index (χ2n) is 9.31. The number of anilines is 1. The molecule has 3 rings (SSSR count). The number of morpholine rings is 1. The van der Waals surface area contributed by atoms with Crippen LogP contribution in [0.5, 0.6) is 5.75 Å².